The predicted molar refractivity (Wildman–Crippen MR) is 146 cm³/mol. The van der Waals surface area contributed by atoms with Crippen LogP contribution in [0.4, 0.5) is 0 Å². The molecule has 1 aromatic carbocycles. The van der Waals surface area contributed by atoms with Crippen LogP contribution in [0.3, 0.4) is 0 Å². The molecular formula is C30H34N4O5. The van der Waals surface area contributed by atoms with Crippen LogP contribution in [0.25, 0.3) is 5.65 Å². The smallest absolute Gasteiger partial charge is 0.335 e. The Kier molecular flexibility index (Phi) is 10.4. The quantitative estimate of drug-likeness (QED) is 0.184. The topological polar surface area (TPSA) is 110 Å². The van der Waals surface area contributed by atoms with Crippen LogP contribution in [0.5, 0.6) is 0 Å². The Bertz CT molecular complexity index is 1400. The van der Waals surface area contributed by atoms with E-state index in [2.05, 4.69) is 22.1 Å². The highest BCUT2D eigenvalue weighted by Crippen LogP contribution is 2.15. The Morgan fingerprint density at radius 3 is 2.64 bits per heavy atom. The van der Waals surface area contributed by atoms with E-state index in [4.69, 9.17) is 4.84 Å². The van der Waals surface area contributed by atoms with Crippen molar-refractivity contribution in [2.24, 2.45) is 5.92 Å². The molecule has 0 bridgehead atoms. The van der Waals surface area contributed by atoms with Gasteiger partial charge in [0.2, 0.25) is 0 Å². The van der Waals surface area contributed by atoms with Crippen LogP contribution < -0.4 is 5.32 Å². The van der Waals surface area contributed by atoms with Gasteiger partial charge in [-0.3, -0.25) is 9.59 Å². The second-order valence-electron chi connectivity index (χ2n) is 9.44. The number of benzene rings is 1. The molecule has 204 valence electrons. The van der Waals surface area contributed by atoms with Gasteiger partial charge in [0, 0.05) is 56.0 Å². The fourth-order valence-electron chi connectivity index (χ4n) is 3.95. The molecule has 0 radical (unpaired) electrons. The number of aryl methyl sites for hydroxylation is 2. The number of aromatic nitrogens is 2. The first kappa shape index (κ1) is 29.1. The fraction of sp³-hybridized carbons (Fsp3) is 0.367. The van der Waals surface area contributed by atoms with Crippen LogP contribution in [-0.2, 0) is 25.8 Å². The number of hydrogen-bond donors (Lipinski definition) is 1. The summed E-state index contributed by atoms with van der Waals surface area (Å²) >= 11 is 0. The van der Waals surface area contributed by atoms with Crippen LogP contribution in [0, 0.1) is 31.6 Å². The van der Waals surface area contributed by atoms with Gasteiger partial charge in [-0.15, -0.1) is 0 Å². The molecule has 39 heavy (non-hydrogen) atoms. The van der Waals surface area contributed by atoms with Gasteiger partial charge >= 0.3 is 5.97 Å². The van der Waals surface area contributed by atoms with Crippen molar-refractivity contribution < 1.29 is 24.0 Å². The fourth-order valence-corrected chi connectivity index (χ4v) is 3.95. The number of rotatable bonds is 10. The summed E-state index contributed by atoms with van der Waals surface area (Å²) in [4.78, 5) is 56.6. The molecule has 1 N–H and O–H groups in total. The number of hydrogen-bond acceptors (Lipinski definition) is 6. The van der Waals surface area contributed by atoms with Gasteiger partial charge in [0.1, 0.15) is 11.9 Å². The van der Waals surface area contributed by atoms with E-state index in [1.54, 1.807) is 13.0 Å². The summed E-state index contributed by atoms with van der Waals surface area (Å²) in [5.41, 5.74) is 4.90. The van der Waals surface area contributed by atoms with E-state index in [1.165, 1.54) is 7.05 Å². The number of unbranched alkanes of at least 4 members (excludes halogenated alkanes) is 1. The maximum atomic E-state index is 12.8. The highest BCUT2D eigenvalue weighted by atomic mass is 16.7. The van der Waals surface area contributed by atoms with Crippen molar-refractivity contribution in [2.45, 2.75) is 59.4 Å². The monoisotopic (exact) mass is 530 g/mol. The van der Waals surface area contributed by atoms with E-state index >= 15 is 0 Å². The molecule has 0 aliphatic rings. The van der Waals surface area contributed by atoms with Gasteiger partial charge in [-0.05, 0) is 56.5 Å². The maximum Gasteiger partial charge on any atom is 0.335 e. The van der Waals surface area contributed by atoms with Gasteiger partial charge in [0.15, 0.2) is 0 Å². The molecule has 2 amide bonds. The molecule has 2 heterocycles. The molecule has 3 aromatic rings. The van der Waals surface area contributed by atoms with Crippen molar-refractivity contribution in [1.29, 1.82) is 0 Å². The number of amides is 2. The zero-order valence-corrected chi connectivity index (χ0v) is 22.8. The van der Waals surface area contributed by atoms with E-state index in [0.717, 1.165) is 27.6 Å². The van der Waals surface area contributed by atoms with Gasteiger partial charge in [0.25, 0.3) is 11.8 Å². The van der Waals surface area contributed by atoms with Gasteiger partial charge < -0.3 is 19.3 Å². The average molecular weight is 531 g/mol. The summed E-state index contributed by atoms with van der Waals surface area (Å²) in [6.45, 7) is 6.03. The highest BCUT2D eigenvalue weighted by Gasteiger charge is 2.19. The van der Waals surface area contributed by atoms with E-state index < -0.39 is 11.9 Å². The number of carbonyl (C=O) groups is 4. The first-order valence-corrected chi connectivity index (χ1v) is 12.9. The van der Waals surface area contributed by atoms with Gasteiger partial charge in [-0.2, -0.15) is 5.06 Å². The molecule has 0 saturated carbocycles. The van der Waals surface area contributed by atoms with Crippen LogP contribution in [-0.4, -0.2) is 45.6 Å². The Hall–Kier alpha value is -4.45. The molecule has 2 aromatic heterocycles. The van der Waals surface area contributed by atoms with Crippen molar-refractivity contribution in [1.82, 2.24) is 19.8 Å². The Balaban J connectivity index is 1.42. The second-order valence-corrected chi connectivity index (χ2v) is 9.44. The zero-order valence-electron chi connectivity index (χ0n) is 22.8. The van der Waals surface area contributed by atoms with E-state index in [1.807, 2.05) is 54.8 Å². The minimum Gasteiger partial charge on any atom is -0.348 e. The lowest BCUT2D eigenvalue weighted by Crippen LogP contribution is -2.32. The largest absolute Gasteiger partial charge is 0.348 e. The predicted octanol–water partition coefficient (Wildman–Crippen LogP) is 3.93. The van der Waals surface area contributed by atoms with Crippen molar-refractivity contribution in [3.05, 3.63) is 70.7 Å². The third-order valence-corrected chi connectivity index (χ3v) is 6.22. The van der Waals surface area contributed by atoms with Crippen molar-refractivity contribution in [3.63, 3.8) is 0 Å². The minimum atomic E-state index is -0.487. The SMILES string of the molecule is Cc1cc(C)n2ccc(C(=O)NCc3ccc(C#CCCCC(C)C(=O)ON(C)C(=O)CCC=O)cc3)c2n1. The minimum absolute atomic E-state index is 0.00938. The lowest BCUT2D eigenvalue weighted by molar-refractivity contribution is -0.196. The van der Waals surface area contributed by atoms with Gasteiger partial charge in [-0.25, -0.2) is 9.78 Å². The van der Waals surface area contributed by atoms with Crippen LogP contribution in [0.15, 0.2) is 42.6 Å². The van der Waals surface area contributed by atoms with Crippen molar-refractivity contribution in [2.75, 3.05) is 7.05 Å². The second kappa shape index (κ2) is 13.9. The third kappa shape index (κ3) is 8.27. The molecule has 9 heteroatoms. The van der Waals surface area contributed by atoms with E-state index in [-0.39, 0.29) is 24.7 Å². The molecule has 9 nitrogen and oxygen atoms in total. The molecule has 0 spiro atoms. The number of nitrogens with zero attached hydrogens (tertiary/aromatic N) is 3. The van der Waals surface area contributed by atoms with E-state index in [9.17, 15) is 19.2 Å². The number of hydroxylamine groups is 2. The summed E-state index contributed by atoms with van der Waals surface area (Å²) in [6, 6.07) is 11.4. The molecular weight excluding hydrogens is 496 g/mol. The maximum absolute atomic E-state index is 12.8. The third-order valence-electron chi connectivity index (χ3n) is 6.22. The lowest BCUT2D eigenvalue weighted by Gasteiger charge is -2.18. The Morgan fingerprint density at radius 2 is 1.92 bits per heavy atom. The van der Waals surface area contributed by atoms with Crippen LogP contribution in [0.2, 0.25) is 0 Å². The number of nitrogens with one attached hydrogen (secondary N) is 1. The normalized spacial score (nSPS) is 11.3. The molecule has 0 aliphatic carbocycles. The van der Waals surface area contributed by atoms with E-state index in [0.29, 0.717) is 43.3 Å². The number of aldehydes is 1. The molecule has 3 rings (SSSR count). The van der Waals surface area contributed by atoms with Gasteiger partial charge in [-0.1, -0.05) is 30.9 Å². The summed E-state index contributed by atoms with van der Waals surface area (Å²) < 4.78 is 1.91. The number of fused-ring (bicyclic) bond motifs is 1. The summed E-state index contributed by atoms with van der Waals surface area (Å²) in [6.07, 6.45) is 4.51. The van der Waals surface area contributed by atoms with Crippen LogP contribution in [0.1, 0.15) is 71.9 Å². The summed E-state index contributed by atoms with van der Waals surface area (Å²) in [7, 11) is 1.37. The van der Waals surface area contributed by atoms with Gasteiger partial charge in [0.05, 0.1) is 11.5 Å². The standard InChI is InChI=1S/C30H34N4O5/c1-21(30(38)39-33(4)27(36)11-8-18-35)9-6-5-7-10-24-12-14-25(15-13-24)20-31-29(37)26-16-17-34-23(3)19-22(2)32-28(26)34/h12-19,21H,5-6,8-9,11,20H2,1-4H3,(H,31,37). The van der Waals surface area contributed by atoms with Crippen molar-refractivity contribution in [3.8, 4) is 11.8 Å². The molecule has 1 atom stereocenters. The summed E-state index contributed by atoms with van der Waals surface area (Å²) in [5.74, 6) is 4.77. The molecule has 0 saturated heterocycles. The highest BCUT2D eigenvalue weighted by molar-refractivity contribution is 6.00. The molecule has 0 aliphatic heterocycles. The van der Waals surface area contributed by atoms with Crippen LogP contribution >= 0.6 is 0 Å². The summed E-state index contributed by atoms with van der Waals surface area (Å²) in [5, 5.41) is 3.84. The lowest BCUT2D eigenvalue weighted by atomic mass is 10.0. The number of carbonyl (C=O) groups excluding carboxylic acids is 4. The first-order chi connectivity index (χ1) is 18.7. The zero-order chi connectivity index (χ0) is 28.4. The first-order valence-electron chi connectivity index (χ1n) is 12.9. The Labute approximate surface area is 228 Å². The average Bonchev–Trinajstić information content (AvgIpc) is 3.34. The van der Waals surface area contributed by atoms with Crippen molar-refractivity contribution >= 4 is 29.7 Å². The molecule has 1 unspecified atom stereocenters. The Morgan fingerprint density at radius 1 is 1.18 bits per heavy atom. The molecule has 0 fully saturated rings.